The first-order valence-corrected chi connectivity index (χ1v) is 11.5. The summed E-state index contributed by atoms with van der Waals surface area (Å²) in [6.07, 6.45) is 1.73. The fraction of sp³-hybridized carbons (Fsp3) is 0.346. The smallest absolute Gasteiger partial charge is 0.475 e. The van der Waals surface area contributed by atoms with E-state index in [4.69, 9.17) is 9.47 Å². The van der Waals surface area contributed by atoms with Crippen molar-refractivity contribution in [2.75, 3.05) is 20.3 Å². The Balaban J connectivity index is 1.93. The molecule has 2 amide bonds. The molecule has 0 fully saturated rings. The predicted octanol–water partition coefficient (Wildman–Crippen LogP) is 1.64. The molecule has 0 bridgehead atoms. The monoisotopic (exact) mass is 493 g/mol. The Labute approximate surface area is 211 Å². The minimum atomic E-state index is -1.70. The summed E-state index contributed by atoms with van der Waals surface area (Å²) in [5.41, 5.74) is 0.742. The number of methoxy groups -OCH3 is 1. The number of ether oxygens (including phenoxy) is 2. The minimum absolute atomic E-state index is 0.00148. The largest absolute Gasteiger partial charge is 0.493 e. The third-order valence-electron chi connectivity index (χ3n) is 5.09. The molecule has 0 spiro atoms. The van der Waals surface area contributed by atoms with E-state index in [1.54, 1.807) is 38.1 Å². The summed E-state index contributed by atoms with van der Waals surface area (Å²) in [6, 6.07) is 17.9. The van der Waals surface area contributed by atoms with Gasteiger partial charge in [-0.3, -0.25) is 9.59 Å². The van der Waals surface area contributed by atoms with E-state index in [1.165, 1.54) is 13.2 Å². The fourth-order valence-electron chi connectivity index (χ4n) is 3.42. The van der Waals surface area contributed by atoms with Gasteiger partial charge >= 0.3 is 7.12 Å². The predicted molar refractivity (Wildman–Crippen MR) is 137 cm³/mol. The van der Waals surface area contributed by atoms with Crippen molar-refractivity contribution in [3.8, 4) is 11.8 Å². The summed E-state index contributed by atoms with van der Waals surface area (Å²) < 4.78 is 10.7. The average molecular weight is 493 g/mol. The van der Waals surface area contributed by atoms with E-state index in [-0.39, 0.29) is 30.9 Å². The minimum Gasteiger partial charge on any atom is -0.493 e. The van der Waals surface area contributed by atoms with Crippen molar-refractivity contribution in [3.63, 3.8) is 0 Å². The molecule has 0 aliphatic heterocycles. The summed E-state index contributed by atoms with van der Waals surface area (Å²) in [7, 11) is -0.173. The SMILES string of the molecule is COCC(C)(C)NC(=O)C(C#N)=Cc1cccc(OCCC(=O)NC(Cc2ccccc2)B(O)O)c1. The zero-order valence-corrected chi connectivity index (χ0v) is 20.7. The lowest BCUT2D eigenvalue weighted by atomic mass is 9.76. The molecule has 4 N–H and O–H groups in total. The van der Waals surface area contributed by atoms with Crippen LogP contribution in [-0.2, 0) is 20.7 Å². The Morgan fingerprint density at radius 2 is 1.89 bits per heavy atom. The molecule has 0 aromatic heterocycles. The number of nitriles is 1. The van der Waals surface area contributed by atoms with Crippen LogP contribution in [0.15, 0.2) is 60.2 Å². The van der Waals surface area contributed by atoms with Crippen molar-refractivity contribution < 1.29 is 29.1 Å². The van der Waals surface area contributed by atoms with E-state index in [0.29, 0.717) is 17.9 Å². The molecule has 1 atom stereocenters. The Morgan fingerprint density at radius 1 is 1.17 bits per heavy atom. The second kappa shape index (κ2) is 14.0. The lowest BCUT2D eigenvalue weighted by molar-refractivity contribution is -0.122. The highest BCUT2D eigenvalue weighted by molar-refractivity contribution is 6.43. The lowest BCUT2D eigenvalue weighted by Crippen LogP contribution is -2.48. The van der Waals surface area contributed by atoms with Crippen LogP contribution in [0.25, 0.3) is 6.08 Å². The van der Waals surface area contributed by atoms with Gasteiger partial charge in [-0.2, -0.15) is 5.26 Å². The molecule has 190 valence electrons. The summed E-state index contributed by atoms with van der Waals surface area (Å²) in [4.78, 5) is 24.8. The van der Waals surface area contributed by atoms with Gasteiger partial charge in [0.2, 0.25) is 5.91 Å². The number of hydrogen-bond donors (Lipinski definition) is 4. The van der Waals surface area contributed by atoms with Gasteiger partial charge in [0.25, 0.3) is 5.91 Å². The summed E-state index contributed by atoms with van der Waals surface area (Å²) in [6.45, 7) is 3.92. The van der Waals surface area contributed by atoms with Crippen molar-refractivity contribution >= 4 is 25.0 Å². The van der Waals surface area contributed by atoms with Crippen molar-refractivity contribution in [2.24, 2.45) is 0 Å². The summed E-state index contributed by atoms with van der Waals surface area (Å²) in [5, 5.41) is 34.1. The quantitative estimate of drug-likeness (QED) is 0.189. The molecular weight excluding hydrogens is 461 g/mol. The molecule has 10 heteroatoms. The third kappa shape index (κ3) is 9.92. The Kier molecular flexibility index (Phi) is 11.2. The first kappa shape index (κ1) is 28.6. The van der Waals surface area contributed by atoms with E-state index in [2.05, 4.69) is 10.6 Å². The normalized spacial score (nSPS) is 12.3. The Morgan fingerprint density at radius 3 is 2.53 bits per heavy atom. The molecule has 2 aromatic carbocycles. The Bertz CT molecular complexity index is 1080. The molecule has 0 saturated heterocycles. The van der Waals surface area contributed by atoms with Crippen LogP contribution in [0.5, 0.6) is 5.75 Å². The highest BCUT2D eigenvalue weighted by atomic mass is 16.5. The summed E-state index contributed by atoms with van der Waals surface area (Å²) in [5.74, 6) is -1.30. The van der Waals surface area contributed by atoms with Gasteiger partial charge in [0.15, 0.2) is 0 Å². The molecule has 2 rings (SSSR count). The standard InChI is InChI=1S/C26H32BN3O6/c1-26(2,18-35-3)30-25(32)21(17-28)14-20-10-7-11-22(15-20)36-13-12-24(31)29-23(27(33)34)16-19-8-5-4-6-9-19/h4-11,14-15,23,33-34H,12-13,16,18H2,1-3H3,(H,29,31)(H,30,32). The molecule has 9 nitrogen and oxygen atoms in total. The molecule has 0 heterocycles. The van der Waals surface area contributed by atoms with Crippen LogP contribution in [0.3, 0.4) is 0 Å². The zero-order valence-electron chi connectivity index (χ0n) is 20.7. The molecule has 1 unspecified atom stereocenters. The van der Waals surface area contributed by atoms with Crippen LogP contribution in [0.2, 0.25) is 0 Å². The van der Waals surface area contributed by atoms with Crippen LogP contribution >= 0.6 is 0 Å². The third-order valence-corrected chi connectivity index (χ3v) is 5.09. The van der Waals surface area contributed by atoms with Crippen LogP contribution in [-0.4, -0.2) is 60.8 Å². The number of hydrogen-bond acceptors (Lipinski definition) is 7. The molecule has 2 aromatic rings. The number of carbonyl (C=O) groups excluding carboxylic acids is 2. The molecule has 0 radical (unpaired) electrons. The van der Waals surface area contributed by atoms with Gasteiger partial charge in [-0.05, 0) is 49.6 Å². The topological polar surface area (TPSA) is 141 Å². The van der Waals surface area contributed by atoms with Crippen molar-refractivity contribution in [3.05, 3.63) is 71.3 Å². The average Bonchev–Trinajstić information content (AvgIpc) is 2.82. The lowest BCUT2D eigenvalue weighted by Gasteiger charge is -2.24. The van der Waals surface area contributed by atoms with Gasteiger partial charge in [0, 0.05) is 7.11 Å². The first-order chi connectivity index (χ1) is 17.1. The number of carbonyl (C=O) groups is 2. The summed E-state index contributed by atoms with van der Waals surface area (Å²) >= 11 is 0. The number of nitrogens with zero attached hydrogens (tertiary/aromatic N) is 1. The molecule has 0 saturated carbocycles. The second-order valence-electron chi connectivity index (χ2n) is 8.89. The Hall–Kier alpha value is -3.65. The first-order valence-electron chi connectivity index (χ1n) is 11.5. The zero-order chi connectivity index (χ0) is 26.6. The molecular formula is C26H32BN3O6. The number of benzene rings is 2. The van der Waals surface area contributed by atoms with E-state index in [1.807, 2.05) is 36.4 Å². The van der Waals surface area contributed by atoms with Gasteiger partial charge in [0.1, 0.15) is 17.4 Å². The van der Waals surface area contributed by atoms with Gasteiger partial charge in [0.05, 0.1) is 31.1 Å². The maximum absolute atomic E-state index is 12.5. The number of rotatable bonds is 13. The van der Waals surface area contributed by atoms with E-state index in [0.717, 1.165) is 5.56 Å². The van der Waals surface area contributed by atoms with Crippen molar-refractivity contribution in [2.45, 2.75) is 38.2 Å². The van der Waals surface area contributed by atoms with Crippen LogP contribution in [0.4, 0.5) is 0 Å². The maximum atomic E-state index is 12.5. The van der Waals surface area contributed by atoms with Gasteiger partial charge < -0.3 is 30.2 Å². The molecule has 0 aliphatic rings. The number of nitrogens with one attached hydrogen (secondary N) is 2. The van der Waals surface area contributed by atoms with Crippen LogP contribution in [0, 0.1) is 11.3 Å². The van der Waals surface area contributed by atoms with E-state index >= 15 is 0 Å². The van der Waals surface area contributed by atoms with Gasteiger partial charge in [-0.25, -0.2) is 0 Å². The van der Waals surface area contributed by atoms with Crippen LogP contribution in [0.1, 0.15) is 31.4 Å². The highest BCUT2D eigenvalue weighted by Gasteiger charge is 2.25. The molecule has 0 aliphatic carbocycles. The fourth-order valence-corrected chi connectivity index (χ4v) is 3.42. The van der Waals surface area contributed by atoms with E-state index in [9.17, 15) is 24.9 Å². The highest BCUT2D eigenvalue weighted by Crippen LogP contribution is 2.17. The maximum Gasteiger partial charge on any atom is 0.475 e. The van der Waals surface area contributed by atoms with Gasteiger partial charge in [-0.15, -0.1) is 0 Å². The second-order valence-corrected chi connectivity index (χ2v) is 8.89. The van der Waals surface area contributed by atoms with Gasteiger partial charge in [-0.1, -0.05) is 42.5 Å². The van der Waals surface area contributed by atoms with Crippen molar-refractivity contribution in [1.29, 1.82) is 5.26 Å². The van der Waals surface area contributed by atoms with E-state index < -0.39 is 24.5 Å². The van der Waals surface area contributed by atoms with Crippen LogP contribution < -0.4 is 15.4 Å². The van der Waals surface area contributed by atoms with Crippen molar-refractivity contribution in [1.82, 2.24) is 10.6 Å². The molecule has 36 heavy (non-hydrogen) atoms. The number of amides is 2.